The quantitative estimate of drug-likeness (QED) is 0.427. The van der Waals surface area contributed by atoms with Gasteiger partial charge in [0.05, 0.1) is 29.3 Å². The van der Waals surface area contributed by atoms with E-state index in [2.05, 4.69) is 16.4 Å². The number of hydrogen-bond donors (Lipinski definition) is 1. The van der Waals surface area contributed by atoms with Crippen LogP contribution < -0.4 is 5.32 Å². The maximum atomic E-state index is 12.9. The molecule has 0 saturated carbocycles. The highest BCUT2D eigenvalue weighted by atomic mass is 16.5. The molecule has 33 heavy (non-hydrogen) atoms. The third kappa shape index (κ3) is 5.23. The van der Waals surface area contributed by atoms with Gasteiger partial charge in [-0.1, -0.05) is 60.2 Å². The summed E-state index contributed by atoms with van der Waals surface area (Å²) >= 11 is 0. The number of pyridine rings is 1. The largest absolute Gasteiger partial charge is 0.452 e. The Morgan fingerprint density at radius 3 is 2.45 bits per heavy atom. The van der Waals surface area contributed by atoms with Crippen LogP contribution in [0.4, 0.5) is 5.69 Å². The van der Waals surface area contributed by atoms with Crippen LogP contribution in [-0.4, -0.2) is 23.5 Å². The minimum Gasteiger partial charge on any atom is -0.452 e. The molecule has 0 radical (unpaired) electrons. The van der Waals surface area contributed by atoms with E-state index in [1.807, 2.05) is 49.4 Å². The fourth-order valence-corrected chi connectivity index (χ4v) is 3.42. The van der Waals surface area contributed by atoms with Crippen molar-refractivity contribution < 1.29 is 14.3 Å². The Bertz CT molecular complexity index is 1350. The Kier molecular flexibility index (Phi) is 6.42. The highest BCUT2D eigenvalue weighted by Gasteiger charge is 2.16. The minimum atomic E-state index is -0.596. The molecule has 4 rings (SSSR count). The lowest BCUT2D eigenvalue weighted by atomic mass is 10.0. The topological polar surface area (TPSA) is 92.1 Å². The van der Waals surface area contributed by atoms with Crippen LogP contribution in [0.25, 0.3) is 22.2 Å². The summed E-state index contributed by atoms with van der Waals surface area (Å²) in [5.41, 5.74) is 5.12. The Morgan fingerprint density at radius 2 is 1.73 bits per heavy atom. The van der Waals surface area contributed by atoms with Crippen LogP contribution in [0.15, 0.2) is 78.9 Å². The van der Waals surface area contributed by atoms with Crippen LogP contribution in [0.2, 0.25) is 0 Å². The number of fused-ring (bicyclic) bond motifs is 1. The zero-order valence-electron chi connectivity index (χ0n) is 18.0. The number of nitrogens with zero attached hydrogens (tertiary/aromatic N) is 2. The van der Waals surface area contributed by atoms with Crippen LogP contribution in [0, 0.1) is 18.3 Å². The van der Waals surface area contributed by atoms with E-state index in [1.165, 1.54) is 0 Å². The summed E-state index contributed by atoms with van der Waals surface area (Å²) in [6.07, 6.45) is 0.302. The number of carbonyl (C=O) groups excluding carboxylic acids is 2. The number of nitrogens with one attached hydrogen (secondary N) is 1. The van der Waals surface area contributed by atoms with Gasteiger partial charge in [0.1, 0.15) is 0 Å². The fourth-order valence-electron chi connectivity index (χ4n) is 3.42. The van der Waals surface area contributed by atoms with Gasteiger partial charge in [-0.3, -0.25) is 4.79 Å². The zero-order chi connectivity index (χ0) is 23.2. The average molecular weight is 435 g/mol. The predicted molar refractivity (Wildman–Crippen MR) is 127 cm³/mol. The summed E-state index contributed by atoms with van der Waals surface area (Å²) in [6.45, 7) is 1.58. The van der Waals surface area contributed by atoms with Crippen LogP contribution >= 0.6 is 0 Å². The van der Waals surface area contributed by atoms with Crippen molar-refractivity contribution >= 4 is 28.5 Å². The van der Waals surface area contributed by atoms with Gasteiger partial charge in [-0.15, -0.1) is 0 Å². The van der Waals surface area contributed by atoms with Gasteiger partial charge in [0.2, 0.25) is 0 Å². The highest BCUT2D eigenvalue weighted by Crippen LogP contribution is 2.25. The molecule has 1 aromatic heterocycles. The first kappa shape index (κ1) is 21.7. The van der Waals surface area contributed by atoms with Crippen molar-refractivity contribution in [2.45, 2.75) is 13.3 Å². The molecule has 162 valence electrons. The van der Waals surface area contributed by atoms with Gasteiger partial charge in [-0.05, 0) is 36.8 Å². The fraction of sp³-hybridized carbons (Fsp3) is 0.111. The third-order valence-electron chi connectivity index (χ3n) is 5.14. The molecule has 0 aliphatic carbocycles. The number of hydrogen-bond acceptors (Lipinski definition) is 5. The number of para-hydroxylation sites is 1. The summed E-state index contributed by atoms with van der Waals surface area (Å²) in [6, 6.07) is 25.9. The molecule has 0 aliphatic rings. The number of carbonyl (C=O) groups is 2. The summed E-state index contributed by atoms with van der Waals surface area (Å²) < 4.78 is 5.32. The Morgan fingerprint density at radius 1 is 1.00 bits per heavy atom. The summed E-state index contributed by atoms with van der Waals surface area (Å²) in [7, 11) is 0. The molecule has 0 bridgehead atoms. The molecule has 6 nitrogen and oxygen atoms in total. The van der Waals surface area contributed by atoms with Gasteiger partial charge in [0, 0.05) is 16.6 Å². The summed E-state index contributed by atoms with van der Waals surface area (Å²) in [5.74, 6) is -1.05. The standard InChI is InChI=1S/C27H21N3O3/c1-18-6-10-20(11-7-18)25-16-23(22-4-2-3-5-24(22)30-25)27(32)33-17-26(31)29-21-12-8-19(9-13-21)14-15-28/h2-13,16H,14,17H2,1H3,(H,29,31). The molecule has 0 saturated heterocycles. The van der Waals surface area contributed by atoms with E-state index in [0.29, 0.717) is 34.3 Å². The van der Waals surface area contributed by atoms with Gasteiger partial charge in [-0.25, -0.2) is 9.78 Å². The van der Waals surface area contributed by atoms with Crippen molar-refractivity contribution in [2.75, 3.05) is 11.9 Å². The van der Waals surface area contributed by atoms with Gasteiger partial charge < -0.3 is 10.1 Å². The number of anilines is 1. The van der Waals surface area contributed by atoms with Gasteiger partial charge in [0.15, 0.2) is 6.61 Å². The predicted octanol–water partition coefficient (Wildman–Crippen LogP) is 5.07. The summed E-state index contributed by atoms with van der Waals surface area (Å²) in [5, 5.41) is 12.1. The number of ether oxygens (including phenoxy) is 1. The smallest absolute Gasteiger partial charge is 0.339 e. The van der Waals surface area contributed by atoms with Crippen molar-refractivity contribution in [3.8, 4) is 17.3 Å². The Labute approximate surface area is 191 Å². The van der Waals surface area contributed by atoms with Gasteiger partial charge in [0.25, 0.3) is 5.91 Å². The molecule has 1 heterocycles. The molecule has 6 heteroatoms. The number of aryl methyl sites for hydroxylation is 1. The van der Waals surface area contributed by atoms with Crippen molar-refractivity contribution in [1.29, 1.82) is 5.26 Å². The van der Waals surface area contributed by atoms with E-state index in [1.54, 1.807) is 36.4 Å². The first-order chi connectivity index (χ1) is 16.0. The third-order valence-corrected chi connectivity index (χ3v) is 5.14. The SMILES string of the molecule is Cc1ccc(-c2cc(C(=O)OCC(=O)Nc3ccc(CC#N)cc3)c3ccccc3n2)cc1. The number of amides is 1. The van der Waals surface area contributed by atoms with E-state index >= 15 is 0 Å². The molecule has 0 unspecified atom stereocenters. The maximum absolute atomic E-state index is 12.9. The van der Waals surface area contributed by atoms with Crippen LogP contribution in [-0.2, 0) is 16.0 Å². The lowest BCUT2D eigenvalue weighted by Gasteiger charge is -2.11. The van der Waals surface area contributed by atoms with E-state index in [0.717, 1.165) is 16.7 Å². The minimum absolute atomic E-state index is 0.302. The van der Waals surface area contributed by atoms with Gasteiger partial charge in [-0.2, -0.15) is 5.26 Å². The van der Waals surface area contributed by atoms with Crippen molar-refractivity contribution in [1.82, 2.24) is 4.98 Å². The average Bonchev–Trinajstić information content (AvgIpc) is 2.83. The molecular weight excluding hydrogens is 414 g/mol. The zero-order valence-corrected chi connectivity index (χ0v) is 18.0. The van der Waals surface area contributed by atoms with Crippen molar-refractivity contribution in [2.24, 2.45) is 0 Å². The molecular formula is C27H21N3O3. The van der Waals surface area contributed by atoms with E-state index < -0.39 is 18.5 Å². The number of esters is 1. The van der Waals surface area contributed by atoms with Crippen LogP contribution in [0.3, 0.4) is 0 Å². The lowest BCUT2D eigenvalue weighted by Crippen LogP contribution is -2.21. The number of nitriles is 1. The molecule has 0 atom stereocenters. The molecule has 0 spiro atoms. The molecule has 4 aromatic rings. The molecule has 0 aliphatic heterocycles. The molecule has 1 amide bonds. The Balaban J connectivity index is 1.50. The number of benzene rings is 3. The normalized spacial score (nSPS) is 10.4. The molecule has 0 fully saturated rings. The van der Waals surface area contributed by atoms with E-state index in [9.17, 15) is 9.59 Å². The second kappa shape index (κ2) is 9.75. The number of aromatic nitrogens is 1. The Hall–Kier alpha value is -4.50. The highest BCUT2D eigenvalue weighted by molar-refractivity contribution is 6.05. The van der Waals surface area contributed by atoms with Crippen LogP contribution in [0.1, 0.15) is 21.5 Å². The van der Waals surface area contributed by atoms with Gasteiger partial charge >= 0.3 is 5.97 Å². The van der Waals surface area contributed by atoms with Crippen LogP contribution in [0.5, 0.6) is 0 Å². The molecule has 1 N–H and O–H groups in total. The second-order valence-corrected chi connectivity index (χ2v) is 7.59. The monoisotopic (exact) mass is 435 g/mol. The maximum Gasteiger partial charge on any atom is 0.339 e. The first-order valence-electron chi connectivity index (χ1n) is 10.4. The molecule has 3 aromatic carbocycles. The first-order valence-corrected chi connectivity index (χ1v) is 10.4. The van der Waals surface area contributed by atoms with Crippen molar-refractivity contribution in [3.05, 3.63) is 95.6 Å². The number of rotatable bonds is 6. The second-order valence-electron chi connectivity index (χ2n) is 7.59. The summed E-state index contributed by atoms with van der Waals surface area (Å²) in [4.78, 5) is 29.9. The van der Waals surface area contributed by atoms with E-state index in [-0.39, 0.29) is 0 Å². The van der Waals surface area contributed by atoms with E-state index in [4.69, 9.17) is 10.00 Å². The van der Waals surface area contributed by atoms with Crippen molar-refractivity contribution in [3.63, 3.8) is 0 Å². The lowest BCUT2D eigenvalue weighted by molar-refractivity contribution is -0.119.